The summed E-state index contributed by atoms with van der Waals surface area (Å²) in [6, 6.07) is 8.34. The van der Waals surface area contributed by atoms with Crippen molar-refractivity contribution in [1.29, 1.82) is 0 Å². The molecule has 0 aliphatic heterocycles. The number of nitrogens with one attached hydrogen (secondary N) is 2. The molecule has 1 aromatic heterocycles. The second-order valence-corrected chi connectivity index (χ2v) is 3.98. The molecule has 1 heterocycles. The van der Waals surface area contributed by atoms with E-state index in [1.807, 2.05) is 25.1 Å². The summed E-state index contributed by atoms with van der Waals surface area (Å²) < 4.78 is 13.6. The fourth-order valence-electron chi connectivity index (χ4n) is 1.64. The van der Waals surface area contributed by atoms with Crippen LogP contribution < -0.4 is 10.6 Å². The maximum Gasteiger partial charge on any atom is 0.130 e. The predicted molar refractivity (Wildman–Crippen MR) is 75.9 cm³/mol. The highest BCUT2D eigenvalue weighted by Crippen LogP contribution is 2.29. The van der Waals surface area contributed by atoms with E-state index in [2.05, 4.69) is 20.6 Å². The van der Waals surface area contributed by atoms with E-state index in [-0.39, 0.29) is 5.82 Å². The van der Waals surface area contributed by atoms with E-state index in [0.29, 0.717) is 17.2 Å². The molecular formula is C14H15FN4. The summed E-state index contributed by atoms with van der Waals surface area (Å²) in [6.45, 7) is 1.88. The molecule has 0 atom stereocenters. The number of nitrogens with zero attached hydrogens (tertiary/aromatic N) is 2. The minimum absolute atomic E-state index is 0.340. The van der Waals surface area contributed by atoms with E-state index in [1.165, 1.54) is 18.5 Å². The van der Waals surface area contributed by atoms with Crippen molar-refractivity contribution in [3.63, 3.8) is 0 Å². The van der Waals surface area contributed by atoms with Gasteiger partial charge in [0.15, 0.2) is 0 Å². The van der Waals surface area contributed by atoms with E-state index < -0.39 is 0 Å². The molecule has 4 nitrogen and oxygen atoms in total. The van der Waals surface area contributed by atoms with Crippen LogP contribution in [0.3, 0.4) is 0 Å². The Morgan fingerprint density at radius 3 is 2.84 bits per heavy atom. The second-order valence-electron chi connectivity index (χ2n) is 3.98. The van der Waals surface area contributed by atoms with Crippen LogP contribution in [-0.2, 0) is 0 Å². The van der Waals surface area contributed by atoms with Crippen LogP contribution in [0.15, 0.2) is 41.5 Å². The van der Waals surface area contributed by atoms with Gasteiger partial charge in [-0.05, 0) is 36.8 Å². The van der Waals surface area contributed by atoms with Crippen LogP contribution in [0.4, 0.5) is 21.6 Å². The lowest BCUT2D eigenvalue weighted by Gasteiger charge is -2.11. The van der Waals surface area contributed by atoms with Crippen molar-refractivity contribution in [2.24, 2.45) is 4.99 Å². The number of halogens is 1. The average Bonchev–Trinajstić information content (AvgIpc) is 2.42. The number of aliphatic imine (C=N–C) groups is 1. The Morgan fingerprint density at radius 2 is 2.16 bits per heavy atom. The first-order chi connectivity index (χ1) is 9.20. The number of pyridine rings is 1. The summed E-state index contributed by atoms with van der Waals surface area (Å²) in [4.78, 5) is 8.30. The summed E-state index contributed by atoms with van der Waals surface area (Å²) in [6.07, 6.45) is 3.20. The van der Waals surface area contributed by atoms with Gasteiger partial charge in [-0.25, -0.2) is 14.4 Å². The number of benzene rings is 1. The lowest BCUT2D eigenvalue weighted by molar-refractivity contribution is 0.628. The van der Waals surface area contributed by atoms with Crippen molar-refractivity contribution in [2.75, 3.05) is 12.4 Å². The average molecular weight is 258 g/mol. The lowest BCUT2D eigenvalue weighted by atomic mass is 10.1. The van der Waals surface area contributed by atoms with Crippen LogP contribution in [-0.4, -0.2) is 18.4 Å². The topological polar surface area (TPSA) is 49.3 Å². The standard InChI is InChI=1S/C14H15FN4/c1-10-12(18-9-16-2)7-11(15)8-13(10)19-14-5-3-4-6-17-14/h3-9H,1-2H3,(H,16,18)(H,17,19). The monoisotopic (exact) mass is 258 g/mol. The molecule has 1 aromatic carbocycles. The SMILES string of the molecule is CN/C=N\c1cc(F)cc(Nc2ccccn2)c1C. The third-order valence-corrected chi connectivity index (χ3v) is 2.61. The predicted octanol–water partition coefficient (Wildman–Crippen LogP) is 3.15. The van der Waals surface area contributed by atoms with Gasteiger partial charge in [0.05, 0.1) is 12.0 Å². The smallest absolute Gasteiger partial charge is 0.130 e. The summed E-state index contributed by atoms with van der Waals surface area (Å²) >= 11 is 0. The largest absolute Gasteiger partial charge is 0.379 e. The number of anilines is 2. The van der Waals surface area contributed by atoms with Gasteiger partial charge >= 0.3 is 0 Å². The molecule has 98 valence electrons. The highest BCUT2D eigenvalue weighted by Gasteiger charge is 2.07. The zero-order chi connectivity index (χ0) is 13.7. The van der Waals surface area contributed by atoms with Crippen LogP contribution in [0.5, 0.6) is 0 Å². The molecule has 0 amide bonds. The van der Waals surface area contributed by atoms with Crippen molar-refractivity contribution >= 4 is 23.5 Å². The molecule has 0 aliphatic carbocycles. The highest BCUT2D eigenvalue weighted by molar-refractivity contribution is 5.71. The van der Waals surface area contributed by atoms with Gasteiger partial charge in [0.25, 0.3) is 0 Å². The molecule has 0 radical (unpaired) electrons. The van der Waals surface area contributed by atoms with E-state index in [4.69, 9.17) is 0 Å². The van der Waals surface area contributed by atoms with Crippen LogP contribution in [0, 0.1) is 12.7 Å². The Hall–Kier alpha value is -2.43. The van der Waals surface area contributed by atoms with Crippen LogP contribution in [0.2, 0.25) is 0 Å². The summed E-state index contributed by atoms with van der Waals surface area (Å²) in [5, 5.41) is 5.87. The van der Waals surface area contributed by atoms with Gasteiger partial charge in [0.2, 0.25) is 0 Å². The van der Waals surface area contributed by atoms with E-state index in [0.717, 1.165) is 5.56 Å². The fraction of sp³-hybridized carbons (Fsp3) is 0.143. The van der Waals surface area contributed by atoms with Crippen LogP contribution in [0.1, 0.15) is 5.56 Å². The molecule has 2 N–H and O–H groups in total. The summed E-state index contributed by atoms with van der Waals surface area (Å²) in [5.41, 5.74) is 2.09. The van der Waals surface area contributed by atoms with Gasteiger partial charge in [-0.3, -0.25) is 0 Å². The minimum Gasteiger partial charge on any atom is -0.379 e. The Balaban J connectivity index is 2.35. The lowest BCUT2D eigenvalue weighted by Crippen LogP contribution is -2.01. The summed E-state index contributed by atoms with van der Waals surface area (Å²) in [7, 11) is 1.74. The fourth-order valence-corrected chi connectivity index (χ4v) is 1.64. The van der Waals surface area contributed by atoms with Gasteiger partial charge in [0, 0.05) is 18.9 Å². The number of hydrogen-bond donors (Lipinski definition) is 2. The normalized spacial score (nSPS) is 10.7. The van der Waals surface area contributed by atoms with Crippen molar-refractivity contribution < 1.29 is 4.39 Å². The van der Waals surface area contributed by atoms with Crippen molar-refractivity contribution in [3.8, 4) is 0 Å². The number of hydrogen-bond acceptors (Lipinski definition) is 3. The highest BCUT2D eigenvalue weighted by atomic mass is 19.1. The Morgan fingerprint density at radius 1 is 1.32 bits per heavy atom. The van der Waals surface area contributed by atoms with Crippen molar-refractivity contribution in [2.45, 2.75) is 6.92 Å². The first kappa shape index (κ1) is 13.0. The maximum absolute atomic E-state index is 13.6. The molecule has 0 saturated heterocycles. The van der Waals surface area contributed by atoms with E-state index in [9.17, 15) is 4.39 Å². The molecule has 0 unspecified atom stereocenters. The van der Waals surface area contributed by atoms with E-state index >= 15 is 0 Å². The molecule has 0 aliphatic rings. The minimum atomic E-state index is -0.340. The Labute approximate surface area is 111 Å². The summed E-state index contributed by atoms with van der Waals surface area (Å²) in [5.74, 6) is 0.326. The molecule has 19 heavy (non-hydrogen) atoms. The van der Waals surface area contributed by atoms with Gasteiger partial charge in [-0.2, -0.15) is 0 Å². The first-order valence-electron chi connectivity index (χ1n) is 5.88. The van der Waals surface area contributed by atoms with E-state index in [1.54, 1.807) is 13.2 Å². The first-order valence-corrected chi connectivity index (χ1v) is 5.88. The molecular weight excluding hydrogens is 243 g/mol. The van der Waals surface area contributed by atoms with Crippen LogP contribution in [0.25, 0.3) is 0 Å². The molecule has 0 spiro atoms. The molecule has 0 fully saturated rings. The van der Waals surface area contributed by atoms with Gasteiger partial charge < -0.3 is 10.6 Å². The van der Waals surface area contributed by atoms with Gasteiger partial charge in [-0.15, -0.1) is 0 Å². The van der Waals surface area contributed by atoms with Crippen LogP contribution >= 0.6 is 0 Å². The Kier molecular flexibility index (Phi) is 4.07. The zero-order valence-corrected chi connectivity index (χ0v) is 10.8. The molecule has 0 saturated carbocycles. The third kappa shape index (κ3) is 3.28. The Bertz CT molecular complexity index is 581. The molecule has 2 rings (SSSR count). The quantitative estimate of drug-likeness (QED) is 0.654. The van der Waals surface area contributed by atoms with Gasteiger partial charge in [-0.1, -0.05) is 6.07 Å². The third-order valence-electron chi connectivity index (χ3n) is 2.61. The van der Waals surface area contributed by atoms with Crippen molar-refractivity contribution in [3.05, 3.63) is 47.9 Å². The maximum atomic E-state index is 13.6. The molecule has 5 heteroatoms. The number of rotatable bonds is 4. The van der Waals surface area contributed by atoms with Crippen molar-refractivity contribution in [1.82, 2.24) is 10.3 Å². The molecule has 2 aromatic rings. The zero-order valence-electron chi connectivity index (χ0n) is 10.8. The number of aromatic nitrogens is 1. The molecule has 0 bridgehead atoms. The second kappa shape index (κ2) is 5.95. The van der Waals surface area contributed by atoms with Gasteiger partial charge in [0.1, 0.15) is 11.6 Å².